The van der Waals surface area contributed by atoms with Gasteiger partial charge in [-0.1, -0.05) is 28.6 Å². The van der Waals surface area contributed by atoms with Crippen LogP contribution >= 0.6 is 15.9 Å². The lowest BCUT2D eigenvalue weighted by atomic mass is 9.42. The van der Waals surface area contributed by atoms with Crippen LogP contribution in [0.2, 0.25) is 12.6 Å². The van der Waals surface area contributed by atoms with Crippen LogP contribution in [0, 0.1) is 11.2 Å². The molecule has 0 N–H and O–H groups in total. The minimum Gasteiger partial charge on any atom is -0.312 e. The predicted octanol–water partition coefficient (Wildman–Crippen LogP) is 3.66. The molecule has 5 heteroatoms. The number of hydrogen-bond acceptors (Lipinski definition) is 2. The molecule has 1 aromatic carbocycles. The molecular formula is C15H14BBrN2O. The molecular weight excluding hydrogens is 315 g/mol. The van der Waals surface area contributed by atoms with Gasteiger partial charge in [0.05, 0.1) is 0 Å². The number of benzene rings is 1. The van der Waals surface area contributed by atoms with Gasteiger partial charge in [0.2, 0.25) is 0 Å². The van der Waals surface area contributed by atoms with E-state index in [0.717, 1.165) is 40.7 Å². The Kier molecular flexibility index (Phi) is 3.67. The molecule has 2 heterocycles. The van der Waals surface area contributed by atoms with Crippen LogP contribution in [0.1, 0.15) is 18.9 Å². The molecule has 3 rings (SSSR count). The van der Waals surface area contributed by atoms with Crippen LogP contribution in [0.25, 0.3) is 10.8 Å². The van der Waals surface area contributed by atoms with Gasteiger partial charge in [0.1, 0.15) is 0 Å². The topological polar surface area (TPSA) is 45.8 Å². The number of hydrogen-bond donors (Lipinski definition) is 0. The molecule has 2 aromatic rings. The third-order valence-electron chi connectivity index (χ3n) is 4.17. The summed E-state index contributed by atoms with van der Waals surface area (Å²) in [5.74, 6) is 2.33. The summed E-state index contributed by atoms with van der Waals surface area (Å²) in [5.41, 5.74) is 0.0791. The molecule has 0 atom stereocenters. The van der Waals surface area contributed by atoms with Crippen LogP contribution in [-0.2, 0) is 0 Å². The highest BCUT2D eigenvalue weighted by Crippen LogP contribution is 2.28. The predicted molar refractivity (Wildman–Crippen MR) is 85.2 cm³/mol. The van der Waals surface area contributed by atoms with Gasteiger partial charge in [-0.05, 0) is 42.5 Å². The fourth-order valence-corrected chi connectivity index (χ4v) is 3.38. The van der Waals surface area contributed by atoms with Gasteiger partial charge >= 0.3 is 0 Å². The number of nitrogens with zero attached hydrogens (tertiary/aromatic N) is 2. The maximum absolute atomic E-state index is 12.6. The lowest BCUT2D eigenvalue weighted by molar-refractivity contribution is 0.445. The van der Waals surface area contributed by atoms with Crippen molar-refractivity contribution in [3.63, 3.8) is 0 Å². The average Bonchev–Trinajstić information content (AvgIpc) is 2.48. The summed E-state index contributed by atoms with van der Waals surface area (Å²) in [4.78, 5) is 12.6. The molecule has 0 bridgehead atoms. The minimum atomic E-state index is 0.0791. The Balaban J connectivity index is 1.97. The maximum Gasteiger partial charge on any atom is 0.268 e. The summed E-state index contributed by atoms with van der Waals surface area (Å²) in [7, 11) is 0. The highest BCUT2D eigenvalue weighted by Gasteiger charge is 2.25. The number of fused-ring (bicyclic) bond motifs is 1. The first-order valence-corrected chi connectivity index (χ1v) is 7.68. The first-order chi connectivity index (χ1) is 9.69. The van der Waals surface area contributed by atoms with E-state index in [4.69, 9.17) is 5.26 Å². The quantitative estimate of drug-likeness (QED) is 0.750. The smallest absolute Gasteiger partial charge is 0.268 e. The van der Waals surface area contributed by atoms with Gasteiger partial charge < -0.3 is 4.57 Å². The van der Waals surface area contributed by atoms with E-state index in [-0.39, 0.29) is 18.3 Å². The highest BCUT2D eigenvalue weighted by atomic mass is 79.9. The van der Waals surface area contributed by atoms with Crippen molar-refractivity contribution in [2.45, 2.75) is 31.5 Å². The molecule has 20 heavy (non-hydrogen) atoms. The molecule has 1 saturated heterocycles. The van der Waals surface area contributed by atoms with E-state index in [9.17, 15) is 4.79 Å². The van der Waals surface area contributed by atoms with E-state index in [1.807, 2.05) is 35.0 Å². The summed E-state index contributed by atoms with van der Waals surface area (Å²) in [6, 6.07) is 7.98. The van der Waals surface area contributed by atoms with Crippen LogP contribution in [0.4, 0.5) is 0 Å². The van der Waals surface area contributed by atoms with E-state index in [1.54, 1.807) is 0 Å². The summed E-state index contributed by atoms with van der Waals surface area (Å²) in [6.45, 7) is 0.165. The lowest BCUT2D eigenvalue weighted by Crippen LogP contribution is -2.29. The van der Waals surface area contributed by atoms with Gasteiger partial charge in [0, 0.05) is 28.1 Å². The zero-order chi connectivity index (χ0) is 14.1. The van der Waals surface area contributed by atoms with E-state index >= 15 is 0 Å². The van der Waals surface area contributed by atoms with E-state index in [0.29, 0.717) is 0 Å². The number of rotatable bonds is 1. The first kappa shape index (κ1) is 13.4. The van der Waals surface area contributed by atoms with Gasteiger partial charge in [-0.25, -0.2) is 5.26 Å². The van der Waals surface area contributed by atoms with Crippen LogP contribution in [0.15, 0.2) is 39.7 Å². The van der Waals surface area contributed by atoms with Crippen molar-refractivity contribution in [3.05, 3.63) is 45.3 Å². The number of halogens is 1. The second-order valence-electron chi connectivity index (χ2n) is 5.39. The molecule has 0 aliphatic carbocycles. The van der Waals surface area contributed by atoms with E-state index in [1.165, 1.54) is 0 Å². The molecule has 0 radical (unpaired) electrons. The van der Waals surface area contributed by atoms with E-state index in [2.05, 4.69) is 21.9 Å². The Morgan fingerprint density at radius 1 is 1.30 bits per heavy atom. The lowest BCUT2D eigenvalue weighted by Gasteiger charge is -2.25. The monoisotopic (exact) mass is 328 g/mol. The first-order valence-electron chi connectivity index (χ1n) is 6.89. The third-order valence-corrected chi connectivity index (χ3v) is 4.66. The molecule has 0 amide bonds. The summed E-state index contributed by atoms with van der Waals surface area (Å²) in [5, 5.41) is 10.7. The molecule has 1 aliphatic heterocycles. The molecule has 0 spiro atoms. The minimum absolute atomic E-state index is 0.0791. The second-order valence-corrected chi connectivity index (χ2v) is 6.31. The van der Waals surface area contributed by atoms with Crippen molar-refractivity contribution >= 4 is 33.4 Å². The van der Waals surface area contributed by atoms with Gasteiger partial charge in [0.15, 0.2) is 0 Å². The zero-order valence-corrected chi connectivity index (χ0v) is 12.6. The van der Waals surface area contributed by atoms with Crippen molar-refractivity contribution in [3.8, 4) is 5.97 Å². The largest absolute Gasteiger partial charge is 0.312 e. The molecule has 1 aliphatic rings. The third kappa shape index (κ3) is 2.40. The Hall–Kier alpha value is -1.54. The molecule has 1 fully saturated rings. The number of pyridine rings is 1. The van der Waals surface area contributed by atoms with Crippen LogP contribution in [0.5, 0.6) is 0 Å². The summed E-state index contributed by atoms with van der Waals surface area (Å²) >= 11 is 3.43. The molecule has 3 nitrogen and oxygen atoms in total. The number of aromatic nitrogens is 1. The highest BCUT2D eigenvalue weighted by molar-refractivity contribution is 9.10. The number of nitriles is 1. The summed E-state index contributed by atoms with van der Waals surface area (Å²) < 4.78 is 2.83. The Morgan fingerprint density at radius 2 is 2.05 bits per heavy atom. The van der Waals surface area contributed by atoms with Gasteiger partial charge in [-0.3, -0.25) is 4.79 Å². The van der Waals surface area contributed by atoms with Crippen molar-refractivity contribution in [1.82, 2.24) is 4.57 Å². The Morgan fingerprint density at radius 3 is 2.75 bits per heavy atom. The fraction of sp³-hybridized carbons (Fsp3) is 0.333. The SMILES string of the molecule is N#CB1CCC(n2ccc3cc(Br)ccc3c2=O)CC1. The second kappa shape index (κ2) is 5.45. The Labute approximate surface area is 126 Å². The zero-order valence-electron chi connectivity index (χ0n) is 11.1. The molecule has 1 aromatic heterocycles. The normalized spacial score (nSPS) is 16.3. The van der Waals surface area contributed by atoms with Crippen molar-refractivity contribution < 1.29 is 0 Å². The van der Waals surface area contributed by atoms with Crippen LogP contribution in [-0.4, -0.2) is 11.3 Å². The molecule has 0 unspecified atom stereocenters. The van der Waals surface area contributed by atoms with Gasteiger partial charge in [-0.15, -0.1) is 0 Å². The van der Waals surface area contributed by atoms with Gasteiger partial charge in [-0.2, -0.15) is 0 Å². The summed E-state index contributed by atoms with van der Waals surface area (Å²) in [6.07, 6.45) is 5.52. The fourth-order valence-electron chi connectivity index (χ4n) is 3.00. The van der Waals surface area contributed by atoms with E-state index < -0.39 is 0 Å². The van der Waals surface area contributed by atoms with Crippen molar-refractivity contribution in [1.29, 1.82) is 5.26 Å². The Bertz CT molecular complexity index is 742. The average molecular weight is 329 g/mol. The molecule has 0 saturated carbocycles. The van der Waals surface area contributed by atoms with Crippen molar-refractivity contribution in [2.24, 2.45) is 0 Å². The standard InChI is InChI=1S/C15H14BBrN2O/c17-12-1-2-14-11(9-12)5-8-19(15(14)20)13-3-6-16(10-18)7-4-13/h1-2,5,8-9,13H,3-4,6-7H2. The van der Waals surface area contributed by atoms with Crippen LogP contribution in [0.3, 0.4) is 0 Å². The molecule has 100 valence electrons. The van der Waals surface area contributed by atoms with Crippen LogP contribution < -0.4 is 5.56 Å². The van der Waals surface area contributed by atoms with Gasteiger partial charge in [0.25, 0.3) is 12.3 Å². The van der Waals surface area contributed by atoms with Crippen molar-refractivity contribution in [2.75, 3.05) is 0 Å². The maximum atomic E-state index is 12.6.